The maximum absolute atomic E-state index is 3.55. The van der Waals surface area contributed by atoms with Crippen LogP contribution in [0.15, 0.2) is 24.3 Å². The SMILES string of the molecule is CCCCCC=CCC=CCCCCCCCCNCCCN(C)C. The van der Waals surface area contributed by atoms with E-state index < -0.39 is 0 Å². The molecule has 0 unspecified atom stereocenters. The second-order valence-corrected chi connectivity index (χ2v) is 7.49. The number of hydrogen-bond acceptors (Lipinski definition) is 2. The van der Waals surface area contributed by atoms with Crippen molar-refractivity contribution < 1.29 is 0 Å². The number of unbranched alkanes of at least 4 members (excludes halogenated alkanes) is 9. The summed E-state index contributed by atoms with van der Waals surface area (Å²) in [5.74, 6) is 0. The molecule has 148 valence electrons. The van der Waals surface area contributed by atoms with Gasteiger partial charge in [0.15, 0.2) is 0 Å². The van der Waals surface area contributed by atoms with E-state index in [-0.39, 0.29) is 0 Å². The number of nitrogens with zero attached hydrogens (tertiary/aromatic N) is 1. The molecule has 0 radical (unpaired) electrons. The average Bonchev–Trinajstić information content (AvgIpc) is 2.60. The van der Waals surface area contributed by atoms with Crippen molar-refractivity contribution in [3.05, 3.63) is 24.3 Å². The number of nitrogens with one attached hydrogen (secondary N) is 1. The van der Waals surface area contributed by atoms with E-state index in [0.717, 1.165) is 6.42 Å². The maximum Gasteiger partial charge on any atom is -0.00127 e. The summed E-state index contributed by atoms with van der Waals surface area (Å²) in [6.07, 6.45) is 26.6. The summed E-state index contributed by atoms with van der Waals surface area (Å²) in [7, 11) is 4.28. The monoisotopic (exact) mass is 350 g/mol. The van der Waals surface area contributed by atoms with Crippen LogP contribution in [0, 0.1) is 0 Å². The number of rotatable bonds is 19. The Kier molecular flexibility index (Phi) is 20.9. The van der Waals surface area contributed by atoms with Crippen molar-refractivity contribution in [2.24, 2.45) is 0 Å². The lowest BCUT2D eigenvalue weighted by Crippen LogP contribution is -2.22. The smallest absolute Gasteiger partial charge is 0.00127 e. The molecule has 0 amide bonds. The lowest BCUT2D eigenvalue weighted by atomic mass is 10.1. The van der Waals surface area contributed by atoms with Crippen LogP contribution in [0.5, 0.6) is 0 Å². The van der Waals surface area contributed by atoms with Crippen molar-refractivity contribution in [2.45, 2.75) is 90.4 Å². The minimum atomic E-state index is 1.12. The molecule has 0 aromatic heterocycles. The highest BCUT2D eigenvalue weighted by Crippen LogP contribution is 2.07. The molecular formula is C23H46N2. The number of hydrogen-bond donors (Lipinski definition) is 1. The molecule has 0 aliphatic carbocycles. The number of allylic oxidation sites excluding steroid dienone is 4. The third-order valence-electron chi connectivity index (χ3n) is 4.51. The molecule has 0 saturated carbocycles. The first-order valence-corrected chi connectivity index (χ1v) is 10.9. The minimum Gasteiger partial charge on any atom is -0.317 e. The lowest BCUT2D eigenvalue weighted by molar-refractivity contribution is 0.394. The van der Waals surface area contributed by atoms with Crippen LogP contribution >= 0.6 is 0 Å². The Hall–Kier alpha value is -0.600. The molecule has 0 aliphatic heterocycles. The fourth-order valence-electron chi connectivity index (χ4n) is 2.88. The predicted molar refractivity (Wildman–Crippen MR) is 115 cm³/mol. The highest BCUT2D eigenvalue weighted by molar-refractivity contribution is 4.92. The Morgan fingerprint density at radius 2 is 1.20 bits per heavy atom. The van der Waals surface area contributed by atoms with Crippen molar-refractivity contribution in [1.82, 2.24) is 10.2 Å². The zero-order valence-electron chi connectivity index (χ0n) is 17.6. The van der Waals surface area contributed by atoms with Crippen LogP contribution in [0.25, 0.3) is 0 Å². The van der Waals surface area contributed by atoms with E-state index in [0.29, 0.717) is 0 Å². The molecule has 0 saturated heterocycles. The Balaban J connectivity index is 3.12. The van der Waals surface area contributed by atoms with Crippen molar-refractivity contribution in [2.75, 3.05) is 33.7 Å². The quantitative estimate of drug-likeness (QED) is 0.216. The van der Waals surface area contributed by atoms with Gasteiger partial charge in [-0.1, -0.05) is 69.8 Å². The first-order chi connectivity index (χ1) is 12.3. The van der Waals surface area contributed by atoms with E-state index >= 15 is 0 Å². The van der Waals surface area contributed by atoms with Gasteiger partial charge in [-0.25, -0.2) is 0 Å². The summed E-state index contributed by atoms with van der Waals surface area (Å²) in [6, 6.07) is 0. The van der Waals surface area contributed by atoms with Crippen molar-refractivity contribution in [3.8, 4) is 0 Å². The molecule has 0 spiro atoms. The summed E-state index contributed by atoms with van der Waals surface area (Å²) < 4.78 is 0. The predicted octanol–water partition coefficient (Wildman–Crippen LogP) is 6.34. The normalized spacial score (nSPS) is 12.2. The highest BCUT2D eigenvalue weighted by Gasteiger charge is 1.93. The van der Waals surface area contributed by atoms with E-state index in [9.17, 15) is 0 Å². The molecule has 1 N–H and O–H groups in total. The van der Waals surface area contributed by atoms with E-state index in [2.05, 4.69) is 55.5 Å². The van der Waals surface area contributed by atoms with E-state index in [1.54, 1.807) is 0 Å². The van der Waals surface area contributed by atoms with Gasteiger partial charge < -0.3 is 10.2 Å². The Morgan fingerprint density at radius 1 is 0.640 bits per heavy atom. The van der Waals surface area contributed by atoms with Crippen LogP contribution in [0.2, 0.25) is 0 Å². The van der Waals surface area contributed by atoms with Gasteiger partial charge in [0.2, 0.25) is 0 Å². The molecule has 0 heterocycles. The van der Waals surface area contributed by atoms with E-state index in [1.165, 1.54) is 96.7 Å². The van der Waals surface area contributed by atoms with Gasteiger partial charge in [-0.2, -0.15) is 0 Å². The van der Waals surface area contributed by atoms with Crippen LogP contribution in [0.3, 0.4) is 0 Å². The second-order valence-electron chi connectivity index (χ2n) is 7.49. The van der Waals surface area contributed by atoms with Gasteiger partial charge in [-0.05, 0) is 78.7 Å². The molecule has 0 fully saturated rings. The molecule has 2 nitrogen and oxygen atoms in total. The molecule has 0 aliphatic rings. The van der Waals surface area contributed by atoms with Crippen LogP contribution < -0.4 is 5.32 Å². The van der Waals surface area contributed by atoms with E-state index in [4.69, 9.17) is 0 Å². The van der Waals surface area contributed by atoms with Crippen LogP contribution in [-0.4, -0.2) is 38.6 Å². The Morgan fingerprint density at radius 3 is 1.84 bits per heavy atom. The van der Waals surface area contributed by atoms with Crippen molar-refractivity contribution >= 4 is 0 Å². The molecule has 0 rings (SSSR count). The standard InChI is InChI=1S/C23H46N2/c1-4-5-6-7-8-9-10-11-12-13-14-15-16-17-18-19-21-24-22-20-23-25(2)3/h8-9,11-12,24H,4-7,10,13-23H2,1-3H3. The first kappa shape index (κ1) is 24.4. The zero-order valence-corrected chi connectivity index (χ0v) is 17.6. The Labute approximate surface area is 159 Å². The van der Waals surface area contributed by atoms with Gasteiger partial charge in [-0.15, -0.1) is 0 Å². The molecule has 0 bridgehead atoms. The molecule has 2 heteroatoms. The third-order valence-corrected chi connectivity index (χ3v) is 4.51. The molecule has 25 heavy (non-hydrogen) atoms. The van der Waals surface area contributed by atoms with Gasteiger partial charge in [0.25, 0.3) is 0 Å². The van der Waals surface area contributed by atoms with Crippen LogP contribution in [0.4, 0.5) is 0 Å². The first-order valence-electron chi connectivity index (χ1n) is 10.9. The van der Waals surface area contributed by atoms with E-state index in [1.807, 2.05) is 0 Å². The zero-order chi connectivity index (χ0) is 18.4. The Bertz CT molecular complexity index is 294. The average molecular weight is 351 g/mol. The van der Waals surface area contributed by atoms with Gasteiger partial charge in [0, 0.05) is 0 Å². The summed E-state index contributed by atoms with van der Waals surface area (Å²) in [5.41, 5.74) is 0. The molecule has 0 atom stereocenters. The summed E-state index contributed by atoms with van der Waals surface area (Å²) in [6.45, 7) is 5.82. The third kappa shape index (κ3) is 23.4. The molecule has 0 aromatic carbocycles. The second kappa shape index (κ2) is 21.4. The molecule has 0 aromatic rings. The van der Waals surface area contributed by atoms with Gasteiger partial charge in [-0.3, -0.25) is 0 Å². The van der Waals surface area contributed by atoms with Gasteiger partial charge in [0.05, 0.1) is 0 Å². The highest BCUT2D eigenvalue weighted by atomic mass is 15.0. The summed E-state index contributed by atoms with van der Waals surface area (Å²) in [4.78, 5) is 2.25. The maximum atomic E-state index is 3.55. The largest absolute Gasteiger partial charge is 0.317 e. The van der Waals surface area contributed by atoms with Gasteiger partial charge >= 0.3 is 0 Å². The molecular weight excluding hydrogens is 304 g/mol. The lowest BCUT2D eigenvalue weighted by Gasteiger charge is -2.09. The van der Waals surface area contributed by atoms with Crippen LogP contribution in [-0.2, 0) is 0 Å². The van der Waals surface area contributed by atoms with Crippen molar-refractivity contribution in [3.63, 3.8) is 0 Å². The summed E-state index contributed by atoms with van der Waals surface area (Å²) in [5, 5.41) is 3.55. The van der Waals surface area contributed by atoms with Crippen LogP contribution in [0.1, 0.15) is 90.4 Å². The minimum absolute atomic E-state index is 1.12. The fourth-order valence-corrected chi connectivity index (χ4v) is 2.88. The topological polar surface area (TPSA) is 15.3 Å². The summed E-state index contributed by atoms with van der Waals surface area (Å²) >= 11 is 0. The van der Waals surface area contributed by atoms with Crippen molar-refractivity contribution in [1.29, 1.82) is 0 Å². The van der Waals surface area contributed by atoms with Gasteiger partial charge in [0.1, 0.15) is 0 Å². The fraction of sp³-hybridized carbons (Fsp3) is 0.826.